The topological polar surface area (TPSA) is 95.2 Å². The molecule has 0 radical (unpaired) electrons. The number of methoxy groups -OCH3 is 1. The fourth-order valence-electron chi connectivity index (χ4n) is 3.47. The van der Waals surface area contributed by atoms with Crippen LogP contribution in [0.25, 0.3) is 22.2 Å². The van der Waals surface area contributed by atoms with E-state index in [1.54, 1.807) is 36.7 Å². The number of carbonyl (C=O) groups is 1. The Morgan fingerprint density at radius 2 is 1.97 bits per heavy atom. The summed E-state index contributed by atoms with van der Waals surface area (Å²) in [7, 11) is 4.37. The summed E-state index contributed by atoms with van der Waals surface area (Å²) < 4.78 is 21.3. The number of aryl methyl sites for hydroxylation is 1. The lowest BCUT2D eigenvalue weighted by atomic mass is 10.1. The number of rotatable bonds is 5. The van der Waals surface area contributed by atoms with E-state index in [0.717, 1.165) is 4.57 Å². The van der Waals surface area contributed by atoms with Gasteiger partial charge in [-0.25, -0.2) is 14.2 Å². The number of anilines is 1. The molecule has 0 aliphatic heterocycles. The molecule has 0 saturated heterocycles. The number of nitrogens with zero attached hydrogens (tertiary/aromatic N) is 3. The third-order valence-electron chi connectivity index (χ3n) is 5.13. The van der Waals surface area contributed by atoms with Gasteiger partial charge >= 0.3 is 5.69 Å². The maximum absolute atomic E-state index is 14.0. The Morgan fingerprint density at radius 1 is 1.19 bits per heavy atom. The van der Waals surface area contributed by atoms with Gasteiger partial charge in [0.15, 0.2) is 16.7 Å². The number of amides is 1. The Hall–Kier alpha value is -3.79. The van der Waals surface area contributed by atoms with Crippen LogP contribution in [0.2, 0.25) is 0 Å². The molecule has 1 amide bonds. The van der Waals surface area contributed by atoms with Crippen LogP contribution in [0.3, 0.4) is 0 Å². The first-order valence-electron chi connectivity index (χ1n) is 9.57. The van der Waals surface area contributed by atoms with E-state index in [-0.39, 0.29) is 18.1 Å². The van der Waals surface area contributed by atoms with Crippen molar-refractivity contribution in [1.82, 2.24) is 14.1 Å². The molecule has 2 aromatic carbocycles. The molecule has 4 rings (SSSR count). The van der Waals surface area contributed by atoms with Crippen molar-refractivity contribution in [3.05, 3.63) is 74.0 Å². The fourth-order valence-corrected chi connectivity index (χ4v) is 4.20. The van der Waals surface area contributed by atoms with Crippen molar-refractivity contribution >= 4 is 33.3 Å². The second-order valence-corrected chi connectivity index (χ2v) is 7.99. The molecule has 0 aliphatic rings. The smallest absolute Gasteiger partial charge is 0.330 e. The average Bonchev–Trinajstić information content (AvgIpc) is 3.24. The van der Waals surface area contributed by atoms with Gasteiger partial charge in [-0.15, -0.1) is 11.3 Å². The number of nitrogens with one attached hydrogen (secondary N) is 1. The first-order valence-corrected chi connectivity index (χ1v) is 10.4. The van der Waals surface area contributed by atoms with E-state index >= 15 is 0 Å². The zero-order chi connectivity index (χ0) is 23.0. The third-order valence-corrected chi connectivity index (χ3v) is 5.89. The van der Waals surface area contributed by atoms with Crippen LogP contribution in [-0.4, -0.2) is 27.1 Å². The van der Waals surface area contributed by atoms with Gasteiger partial charge < -0.3 is 10.1 Å². The Kier molecular flexibility index (Phi) is 5.62. The number of benzene rings is 2. The van der Waals surface area contributed by atoms with E-state index in [1.807, 2.05) is 0 Å². The van der Waals surface area contributed by atoms with Gasteiger partial charge in [0.25, 0.3) is 5.56 Å². The summed E-state index contributed by atoms with van der Waals surface area (Å²) in [5, 5.41) is 5.09. The molecule has 8 nitrogen and oxygen atoms in total. The Balaban J connectivity index is 1.58. The highest BCUT2D eigenvalue weighted by Gasteiger charge is 2.16. The standard InChI is InChI=1S/C22H19FN4O4S/c1-26-16-6-4-5-13(19(16)20(29)27(2)22(26)30)10-18(28)25-21-24-15(11-32-21)12-7-8-17(31-3)14(23)9-12/h4-9,11H,10H2,1-3H3,(H,24,25,28). The van der Waals surface area contributed by atoms with E-state index in [9.17, 15) is 18.8 Å². The van der Waals surface area contributed by atoms with E-state index in [2.05, 4.69) is 10.3 Å². The van der Waals surface area contributed by atoms with Gasteiger partial charge in [0.2, 0.25) is 5.91 Å². The zero-order valence-electron chi connectivity index (χ0n) is 17.5. The molecule has 10 heteroatoms. The molecule has 164 valence electrons. The summed E-state index contributed by atoms with van der Waals surface area (Å²) in [6, 6.07) is 9.55. The summed E-state index contributed by atoms with van der Waals surface area (Å²) in [6.45, 7) is 0. The highest BCUT2D eigenvalue weighted by molar-refractivity contribution is 7.14. The third kappa shape index (κ3) is 3.80. The highest BCUT2D eigenvalue weighted by Crippen LogP contribution is 2.28. The minimum atomic E-state index is -0.504. The van der Waals surface area contributed by atoms with Crippen LogP contribution in [-0.2, 0) is 25.3 Å². The molecule has 0 spiro atoms. The second-order valence-electron chi connectivity index (χ2n) is 7.13. The predicted molar refractivity (Wildman–Crippen MR) is 121 cm³/mol. The maximum Gasteiger partial charge on any atom is 0.330 e. The summed E-state index contributed by atoms with van der Waals surface area (Å²) in [5.41, 5.74) is 1.14. The number of hydrogen-bond acceptors (Lipinski definition) is 6. The normalized spacial score (nSPS) is 11.0. The van der Waals surface area contributed by atoms with Crippen LogP contribution in [0.1, 0.15) is 5.56 Å². The molecule has 0 atom stereocenters. The van der Waals surface area contributed by atoms with E-state index in [1.165, 1.54) is 42.2 Å². The lowest BCUT2D eigenvalue weighted by Crippen LogP contribution is -2.37. The number of ether oxygens (including phenoxy) is 1. The van der Waals surface area contributed by atoms with Crippen LogP contribution in [0.5, 0.6) is 5.75 Å². The lowest BCUT2D eigenvalue weighted by molar-refractivity contribution is -0.115. The molecule has 0 unspecified atom stereocenters. The molecule has 0 fully saturated rings. The fraction of sp³-hybridized carbons (Fsp3) is 0.182. The van der Waals surface area contributed by atoms with Crippen molar-refractivity contribution in [2.45, 2.75) is 6.42 Å². The number of aromatic nitrogens is 3. The molecule has 1 N–H and O–H groups in total. The van der Waals surface area contributed by atoms with Gasteiger partial charge in [-0.2, -0.15) is 0 Å². The summed E-state index contributed by atoms with van der Waals surface area (Å²) in [4.78, 5) is 41.8. The molecule has 2 heterocycles. The van der Waals surface area contributed by atoms with Crippen molar-refractivity contribution in [3.63, 3.8) is 0 Å². The molecular weight excluding hydrogens is 435 g/mol. The Morgan fingerprint density at radius 3 is 2.69 bits per heavy atom. The van der Waals surface area contributed by atoms with Crippen LogP contribution < -0.4 is 21.3 Å². The first-order chi connectivity index (χ1) is 15.3. The van der Waals surface area contributed by atoms with Crippen molar-refractivity contribution in [2.75, 3.05) is 12.4 Å². The van der Waals surface area contributed by atoms with Crippen LogP contribution in [0, 0.1) is 5.82 Å². The van der Waals surface area contributed by atoms with Gasteiger partial charge in [0, 0.05) is 25.0 Å². The van der Waals surface area contributed by atoms with Crippen LogP contribution in [0.15, 0.2) is 51.4 Å². The molecule has 0 aliphatic carbocycles. The number of hydrogen-bond donors (Lipinski definition) is 1. The number of carbonyl (C=O) groups excluding carboxylic acids is 1. The molecule has 0 saturated carbocycles. The van der Waals surface area contributed by atoms with Crippen molar-refractivity contribution in [2.24, 2.45) is 14.1 Å². The molecule has 4 aromatic rings. The lowest BCUT2D eigenvalue weighted by Gasteiger charge is -2.11. The van der Waals surface area contributed by atoms with Gasteiger partial charge in [-0.05, 0) is 29.8 Å². The monoisotopic (exact) mass is 454 g/mol. The molecular formula is C22H19FN4O4S. The molecule has 32 heavy (non-hydrogen) atoms. The highest BCUT2D eigenvalue weighted by atomic mass is 32.1. The minimum Gasteiger partial charge on any atom is -0.494 e. The van der Waals surface area contributed by atoms with E-state index in [0.29, 0.717) is 32.9 Å². The Labute approximate surface area is 185 Å². The van der Waals surface area contributed by atoms with E-state index < -0.39 is 17.1 Å². The largest absolute Gasteiger partial charge is 0.494 e. The summed E-state index contributed by atoms with van der Waals surface area (Å²) in [6.07, 6.45) is -0.0726. The van der Waals surface area contributed by atoms with Crippen LogP contribution in [0.4, 0.5) is 9.52 Å². The van der Waals surface area contributed by atoms with Gasteiger partial charge in [0.1, 0.15) is 0 Å². The number of fused-ring (bicyclic) bond motifs is 1. The minimum absolute atomic E-state index is 0.0726. The number of halogens is 1. The second kappa shape index (κ2) is 8.39. The zero-order valence-corrected chi connectivity index (χ0v) is 18.3. The molecule has 2 aromatic heterocycles. The maximum atomic E-state index is 14.0. The van der Waals surface area contributed by atoms with Crippen molar-refractivity contribution in [1.29, 1.82) is 0 Å². The van der Waals surface area contributed by atoms with Gasteiger partial charge in [0.05, 0.1) is 30.1 Å². The van der Waals surface area contributed by atoms with Gasteiger partial charge in [-0.1, -0.05) is 12.1 Å². The Bertz CT molecular complexity index is 1470. The number of thiazole rings is 1. The first kappa shape index (κ1) is 21.4. The SMILES string of the molecule is COc1ccc(-c2csc(NC(=O)Cc3cccc4c3c(=O)n(C)c(=O)n4C)n2)cc1F. The summed E-state index contributed by atoms with van der Waals surface area (Å²) >= 11 is 1.20. The van der Waals surface area contributed by atoms with Crippen molar-refractivity contribution < 1.29 is 13.9 Å². The quantitative estimate of drug-likeness (QED) is 0.500. The summed E-state index contributed by atoms with van der Waals surface area (Å²) in [5.74, 6) is -0.734. The van der Waals surface area contributed by atoms with E-state index in [4.69, 9.17) is 4.74 Å². The average molecular weight is 454 g/mol. The molecule has 0 bridgehead atoms. The van der Waals surface area contributed by atoms with Crippen LogP contribution >= 0.6 is 11.3 Å². The van der Waals surface area contributed by atoms with Gasteiger partial charge in [-0.3, -0.25) is 18.7 Å². The predicted octanol–water partition coefficient (Wildman–Crippen LogP) is 2.69. The van der Waals surface area contributed by atoms with Crippen molar-refractivity contribution in [3.8, 4) is 17.0 Å².